The molecular formula is C10H14O3. The molecule has 0 rings (SSSR count). The lowest BCUT2D eigenvalue weighted by Crippen LogP contribution is -2.11. The van der Waals surface area contributed by atoms with Crippen molar-refractivity contribution in [2.45, 2.75) is 13.3 Å². The molecule has 0 aromatic rings. The Balaban J connectivity index is 5.47. The van der Waals surface area contributed by atoms with Gasteiger partial charge in [0.15, 0.2) is 0 Å². The van der Waals surface area contributed by atoms with Crippen LogP contribution in [0.3, 0.4) is 0 Å². The van der Waals surface area contributed by atoms with Crippen LogP contribution in [-0.2, 0) is 9.59 Å². The third-order valence-electron chi connectivity index (χ3n) is 1.67. The topological polar surface area (TPSA) is 54.4 Å². The zero-order chi connectivity index (χ0) is 13.6. The lowest BCUT2D eigenvalue weighted by Gasteiger charge is -2.13. The number of hydrogen-bond donors (Lipinski definition) is 1. The maximum absolute atomic E-state index is 10.8. The quantitative estimate of drug-likeness (QED) is 0.495. The molecule has 0 aliphatic rings. The molecule has 13 heavy (non-hydrogen) atoms. The number of aliphatic hydroxyl groups is 1. The van der Waals surface area contributed by atoms with Gasteiger partial charge in [0.25, 0.3) is 0 Å². The van der Waals surface area contributed by atoms with E-state index in [-0.39, 0.29) is 17.4 Å². The highest BCUT2D eigenvalue weighted by Gasteiger charge is 2.15. The Morgan fingerprint density at radius 1 is 1.69 bits per heavy atom. The molecule has 1 N–H and O–H groups in total. The number of aldehydes is 2. The molecule has 0 saturated carbocycles. The smallest absolute Gasteiger partial charge is 0.146 e. The molecule has 0 fully saturated rings. The van der Waals surface area contributed by atoms with Gasteiger partial charge in [-0.2, -0.15) is 0 Å². The second kappa shape index (κ2) is 6.31. The zero-order valence-corrected chi connectivity index (χ0v) is 7.28. The summed E-state index contributed by atoms with van der Waals surface area (Å²) in [7, 11) is 0. The van der Waals surface area contributed by atoms with Gasteiger partial charge in [0.2, 0.25) is 0 Å². The molecule has 0 amide bonds. The van der Waals surface area contributed by atoms with E-state index >= 15 is 0 Å². The molecule has 72 valence electrons. The largest absolute Gasteiger partial charge is 0.396 e. The molecule has 0 aromatic carbocycles. The second-order valence-electron chi connectivity index (χ2n) is 2.39. The van der Waals surface area contributed by atoms with Crippen molar-refractivity contribution in [1.82, 2.24) is 0 Å². The highest BCUT2D eigenvalue weighted by molar-refractivity contribution is 5.81. The number of rotatable bonds is 6. The van der Waals surface area contributed by atoms with Crippen molar-refractivity contribution in [2.24, 2.45) is 5.92 Å². The van der Waals surface area contributed by atoms with Crippen LogP contribution in [0.15, 0.2) is 23.8 Å². The predicted octanol–water partition coefficient (Wildman–Crippen LogP) is 0.885. The molecule has 0 aliphatic carbocycles. The first-order valence-electron chi connectivity index (χ1n) is 5.73. The fourth-order valence-electron chi connectivity index (χ4n) is 0.932. The summed E-state index contributed by atoms with van der Waals surface area (Å²) in [6.07, 6.45) is 1.46. The summed E-state index contributed by atoms with van der Waals surface area (Å²) in [6, 6.07) is 0. The van der Waals surface area contributed by atoms with Crippen LogP contribution in [0.25, 0.3) is 0 Å². The van der Waals surface area contributed by atoms with Crippen LogP contribution >= 0.6 is 0 Å². The number of allylic oxidation sites excluding steroid dienone is 3. The first kappa shape index (κ1) is 6.27. The lowest BCUT2D eigenvalue weighted by molar-refractivity contribution is -0.105. The van der Waals surface area contributed by atoms with Crippen LogP contribution in [0.2, 0.25) is 0 Å². The molecule has 0 radical (unpaired) electrons. The Bertz CT molecular complexity index is 351. The summed E-state index contributed by atoms with van der Waals surface area (Å²) in [4.78, 5) is 21.5. The molecule has 0 unspecified atom stereocenters. The number of hydrogen-bond acceptors (Lipinski definition) is 3. The average Bonchev–Trinajstić information content (AvgIpc) is 2.17. The Labute approximate surface area is 83.4 Å². The monoisotopic (exact) mass is 186 g/mol. The van der Waals surface area contributed by atoms with Crippen LogP contribution < -0.4 is 0 Å². The van der Waals surface area contributed by atoms with E-state index in [1.165, 1.54) is 13.0 Å². The van der Waals surface area contributed by atoms with Gasteiger partial charge < -0.3 is 5.11 Å². The summed E-state index contributed by atoms with van der Waals surface area (Å²) in [6.45, 7) is -1.87. The molecule has 0 aromatic heterocycles. The molecule has 3 nitrogen and oxygen atoms in total. The van der Waals surface area contributed by atoms with Crippen molar-refractivity contribution >= 4 is 12.6 Å². The van der Waals surface area contributed by atoms with Crippen molar-refractivity contribution in [3.05, 3.63) is 23.8 Å². The van der Waals surface area contributed by atoms with Gasteiger partial charge in [-0.25, -0.2) is 0 Å². The molecule has 3 heteroatoms. The van der Waals surface area contributed by atoms with Crippen LogP contribution in [0.4, 0.5) is 0 Å². The number of carbonyl (C=O) groups excluding carboxylic acids is 2. The Hall–Kier alpha value is -1.22. The molecule has 0 heterocycles. The summed E-state index contributed by atoms with van der Waals surface area (Å²) < 4.78 is 28.2. The van der Waals surface area contributed by atoms with Gasteiger partial charge in [-0.15, -0.1) is 0 Å². The van der Waals surface area contributed by atoms with Crippen LogP contribution in [0.1, 0.15) is 18.8 Å². The van der Waals surface area contributed by atoms with Gasteiger partial charge in [0.1, 0.15) is 12.6 Å². The Kier molecular flexibility index (Phi) is 3.04. The highest BCUT2D eigenvalue weighted by Crippen LogP contribution is 2.19. The molecule has 0 spiro atoms. The lowest BCUT2D eigenvalue weighted by atomic mass is 9.90. The minimum Gasteiger partial charge on any atom is -0.396 e. The minimum atomic E-state index is -2.59. The maximum Gasteiger partial charge on any atom is 0.146 e. The molecule has 0 aliphatic heterocycles. The molecule has 0 saturated heterocycles. The summed E-state index contributed by atoms with van der Waals surface area (Å²) in [5.41, 5.74) is -0.273. The van der Waals surface area contributed by atoms with E-state index in [9.17, 15) is 9.59 Å². The van der Waals surface area contributed by atoms with Crippen molar-refractivity contribution in [3.63, 3.8) is 0 Å². The molecule has 1 atom stereocenters. The SMILES string of the molecule is [2H]C([2H])=C(C=O)[C@H](CC([2H])([2H])O)/C(C=O)=C\C. The first-order chi connectivity index (χ1) is 7.76. The van der Waals surface area contributed by atoms with Gasteiger partial charge >= 0.3 is 0 Å². The zero-order valence-electron chi connectivity index (χ0n) is 11.3. The summed E-state index contributed by atoms with van der Waals surface area (Å²) in [5.74, 6) is -1.08. The normalized spacial score (nSPS) is 18.8. The fraction of sp³-hybridized carbons (Fsp3) is 0.400. The van der Waals surface area contributed by atoms with E-state index in [1.807, 2.05) is 0 Å². The fourth-order valence-corrected chi connectivity index (χ4v) is 0.932. The second-order valence-corrected chi connectivity index (χ2v) is 2.39. The van der Waals surface area contributed by atoms with Gasteiger partial charge in [-0.3, -0.25) is 9.59 Å². The van der Waals surface area contributed by atoms with Crippen molar-refractivity contribution in [2.75, 3.05) is 6.56 Å². The average molecular weight is 186 g/mol. The summed E-state index contributed by atoms with van der Waals surface area (Å²) in [5, 5.41) is 9.08. The van der Waals surface area contributed by atoms with E-state index in [1.54, 1.807) is 0 Å². The van der Waals surface area contributed by atoms with Crippen molar-refractivity contribution in [1.29, 1.82) is 0 Å². The Morgan fingerprint density at radius 3 is 2.69 bits per heavy atom. The van der Waals surface area contributed by atoms with Crippen LogP contribution in [0, 0.1) is 5.92 Å². The van der Waals surface area contributed by atoms with Crippen LogP contribution in [0.5, 0.6) is 0 Å². The van der Waals surface area contributed by atoms with Crippen LogP contribution in [-0.4, -0.2) is 24.2 Å². The number of carbonyl (C=O) groups is 2. The Morgan fingerprint density at radius 2 is 2.38 bits per heavy atom. The van der Waals surface area contributed by atoms with E-state index in [0.717, 1.165) is 0 Å². The van der Waals surface area contributed by atoms with Gasteiger partial charge in [0.05, 0.1) is 5.48 Å². The van der Waals surface area contributed by atoms with Crippen molar-refractivity contribution < 1.29 is 20.2 Å². The minimum absolute atomic E-state index is 0.0574. The molecule has 0 bridgehead atoms. The highest BCUT2D eigenvalue weighted by atomic mass is 16.3. The van der Waals surface area contributed by atoms with E-state index < -0.39 is 25.4 Å². The third-order valence-corrected chi connectivity index (χ3v) is 1.67. The van der Waals surface area contributed by atoms with E-state index in [0.29, 0.717) is 6.29 Å². The summed E-state index contributed by atoms with van der Waals surface area (Å²) >= 11 is 0. The molecular weight excluding hydrogens is 168 g/mol. The third kappa shape index (κ3) is 3.34. The van der Waals surface area contributed by atoms with Gasteiger partial charge in [0, 0.05) is 12.5 Å². The predicted molar refractivity (Wildman–Crippen MR) is 50.2 cm³/mol. The van der Waals surface area contributed by atoms with Crippen molar-refractivity contribution in [3.8, 4) is 0 Å². The standard InChI is InChI=1S/C10H14O3/c1-3-9(7-13)10(4-5-11)8(2)6-12/h3,6-7,10-11H,2,4-5H2,1H3/b9-3-/t10-/m0/s1/i2D2,5D2. The van der Waals surface area contributed by atoms with E-state index in [4.69, 9.17) is 10.6 Å². The first-order valence-corrected chi connectivity index (χ1v) is 3.73. The van der Waals surface area contributed by atoms with E-state index in [2.05, 4.69) is 0 Å². The van der Waals surface area contributed by atoms with Gasteiger partial charge in [-0.1, -0.05) is 12.6 Å². The maximum atomic E-state index is 10.8. The van der Waals surface area contributed by atoms with Gasteiger partial charge in [-0.05, 0) is 24.5 Å².